The number of benzene rings is 3. The molecule has 0 saturated carbocycles. The first-order chi connectivity index (χ1) is 19.8. The summed E-state index contributed by atoms with van der Waals surface area (Å²) in [5.41, 5.74) is 3.49. The second kappa shape index (κ2) is 12.2. The number of methoxy groups -OCH3 is 1. The zero-order valence-electron chi connectivity index (χ0n) is 22.5. The van der Waals surface area contributed by atoms with Gasteiger partial charge in [-0.3, -0.25) is 0 Å². The molecule has 0 atom stereocenters. The van der Waals surface area contributed by atoms with E-state index < -0.39 is 15.6 Å². The van der Waals surface area contributed by atoms with Crippen LogP contribution in [-0.4, -0.2) is 44.8 Å². The number of nitrogens with two attached hydrogens (primary N) is 1. The van der Waals surface area contributed by atoms with E-state index in [4.69, 9.17) is 23.8 Å². The van der Waals surface area contributed by atoms with E-state index >= 15 is 0 Å². The Labute approximate surface area is 238 Å². The van der Waals surface area contributed by atoms with Crippen LogP contribution in [0.1, 0.15) is 29.9 Å². The Hall–Kier alpha value is -4.03. The lowest BCUT2D eigenvalue weighted by Gasteiger charge is -2.36. The Morgan fingerprint density at radius 3 is 2.41 bits per heavy atom. The normalized spacial score (nSPS) is 15.5. The first-order valence-corrected chi connectivity index (χ1v) is 14.6. The van der Waals surface area contributed by atoms with E-state index in [1.165, 1.54) is 12.1 Å². The van der Waals surface area contributed by atoms with Gasteiger partial charge in [0.05, 0.1) is 10.5 Å². The first kappa shape index (κ1) is 28.5. The third-order valence-corrected chi connectivity index (χ3v) is 8.06. The number of nitrogens with zero attached hydrogens (tertiary/aromatic N) is 2. The minimum Gasteiger partial charge on any atom is -0.473 e. The highest BCUT2D eigenvalue weighted by molar-refractivity contribution is 7.89. The maximum atomic E-state index is 11.7. The molecule has 0 radical (unpaired) electrons. The standard InChI is InChI=1S/C30H31N3O7S/c1-37-30(14-16-38-17-15-30)24-9-5-6-21(18-24)20-39-27(33-34)19-26-32-28(22-7-3-2-4-8-22)29(40-26)23-10-12-25(13-11-23)41(31,35)36/h2-13,18,34H,14-17,19-20H2,1H3,(H2,31,35,36). The minimum absolute atomic E-state index is 0.00929. The summed E-state index contributed by atoms with van der Waals surface area (Å²) >= 11 is 0. The molecule has 11 heteroatoms. The van der Waals surface area contributed by atoms with Crippen molar-refractivity contribution in [3.05, 3.63) is 95.9 Å². The average molecular weight is 578 g/mol. The summed E-state index contributed by atoms with van der Waals surface area (Å²) in [6.45, 7) is 1.43. The summed E-state index contributed by atoms with van der Waals surface area (Å²) in [7, 11) is -2.12. The smallest absolute Gasteiger partial charge is 0.238 e. The number of hydrogen-bond acceptors (Lipinski definition) is 9. The largest absolute Gasteiger partial charge is 0.473 e. The monoisotopic (exact) mass is 577 g/mol. The molecular formula is C30H31N3O7S. The molecule has 5 rings (SSSR count). The van der Waals surface area contributed by atoms with Crippen LogP contribution >= 0.6 is 0 Å². The molecule has 41 heavy (non-hydrogen) atoms. The van der Waals surface area contributed by atoms with Gasteiger partial charge in [0.25, 0.3) is 0 Å². The van der Waals surface area contributed by atoms with Gasteiger partial charge in [-0.05, 0) is 41.5 Å². The highest BCUT2D eigenvalue weighted by Gasteiger charge is 2.34. The Morgan fingerprint density at radius 2 is 1.76 bits per heavy atom. The second-order valence-electron chi connectivity index (χ2n) is 9.69. The van der Waals surface area contributed by atoms with Crippen LogP contribution in [0.5, 0.6) is 0 Å². The lowest BCUT2D eigenvalue weighted by atomic mass is 9.85. The van der Waals surface area contributed by atoms with E-state index in [1.807, 2.05) is 54.6 Å². The number of sulfonamides is 1. The SMILES string of the molecule is COC1(c2cccc(COC(Cc3nc(-c4ccccc4)c(-c4ccc(S(N)(=O)=O)cc4)o3)=NO)c2)CCOCC1. The summed E-state index contributed by atoms with van der Waals surface area (Å²) in [6, 6.07) is 23.4. The number of hydrogen-bond donors (Lipinski definition) is 2. The molecule has 0 bridgehead atoms. The van der Waals surface area contributed by atoms with Gasteiger partial charge in [-0.1, -0.05) is 53.7 Å². The van der Waals surface area contributed by atoms with Gasteiger partial charge in [-0.25, -0.2) is 18.5 Å². The van der Waals surface area contributed by atoms with Crippen molar-refractivity contribution in [2.24, 2.45) is 10.3 Å². The Balaban J connectivity index is 1.36. The number of oxazole rings is 1. The number of oxime groups is 1. The average Bonchev–Trinajstić information content (AvgIpc) is 3.43. The van der Waals surface area contributed by atoms with Gasteiger partial charge in [0, 0.05) is 44.3 Å². The second-order valence-corrected chi connectivity index (χ2v) is 11.3. The Bertz CT molecular complexity index is 1610. The fourth-order valence-corrected chi connectivity index (χ4v) is 5.41. The third-order valence-electron chi connectivity index (χ3n) is 7.13. The molecule has 0 aliphatic carbocycles. The Kier molecular flexibility index (Phi) is 8.50. The fraction of sp³-hybridized carbons (Fsp3) is 0.267. The van der Waals surface area contributed by atoms with Crippen molar-refractivity contribution >= 4 is 15.9 Å². The van der Waals surface area contributed by atoms with Crippen LogP contribution in [0.3, 0.4) is 0 Å². The summed E-state index contributed by atoms with van der Waals surface area (Å²) < 4.78 is 46.8. The van der Waals surface area contributed by atoms with Gasteiger partial charge in [-0.15, -0.1) is 0 Å². The zero-order chi connectivity index (χ0) is 28.9. The molecule has 3 aromatic carbocycles. The highest BCUT2D eigenvalue weighted by atomic mass is 32.2. The number of ether oxygens (including phenoxy) is 3. The maximum absolute atomic E-state index is 11.7. The van der Waals surface area contributed by atoms with Crippen molar-refractivity contribution in [1.29, 1.82) is 0 Å². The van der Waals surface area contributed by atoms with Crippen LogP contribution in [-0.2, 0) is 42.9 Å². The van der Waals surface area contributed by atoms with Crippen molar-refractivity contribution < 1.29 is 32.3 Å². The van der Waals surface area contributed by atoms with Gasteiger partial charge in [0.2, 0.25) is 21.8 Å². The van der Waals surface area contributed by atoms with Gasteiger partial charge < -0.3 is 23.8 Å². The molecule has 1 saturated heterocycles. The van der Waals surface area contributed by atoms with Crippen LogP contribution in [0.4, 0.5) is 0 Å². The fourth-order valence-electron chi connectivity index (χ4n) is 4.89. The van der Waals surface area contributed by atoms with Crippen molar-refractivity contribution in [3.8, 4) is 22.6 Å². The van der Waals surface area contributed by atoms with E-state index in [-0.39, 0.29) is 29.7 Å². The number of aromatic nitrogens is 1. The van der Waals surface area contributed by atoms with Gasteiger partial charge in [-0.2, -0.15) is 0 Å². The molecule has 1 aliphatic heterocycles. The van der Waals surface area contributed by atoms with E-state index in [0.717, 1.165) is 29.5 Å². The van der Waals surface area contributed by atoms with Crippen molar-refractivity contribution in [1.82, 2.24) is 4.98 Å². The van der Waals surface area contributed by atoms with Crippen LogP contribution in [0.2, 0.25) is 0 Å². The van der Waals surface area contributed by atoms with Crippen LogP contribution in [0.25, 0.3) is 22.6 Å². The summed E-state index contributed by atoms with van der Waals surface area (Å²) in [5, 5.41) is 18.3. The molecule has 10 nitrogen and oxygen atoms in total. The van der Waals surface area contributed by atoms with E-state index in [9.17, 15) is 13.6 Å². The molecular weight excluding hydrogens is 546 g/mol. The highest BCUT2D eigenvalue weighted by Crippen LogP contribution is 2.36. The van der Waals surface area contributed by atoms with Crippen LogP contribution in [0, 0.1) is 0 Å². The molecule has 1 aliphatic rings. The maximum Gasteiger partial charge on any atom is 0.238 e. The molecule has 4 aromatic rings. The lowest BCUT2D eigenvalue weighted by molar-refractivity contribution is -0.0948. The van der Waals surface area contributed by atoms with Crippen molar-refractivity contribution in [2.75, 3.05) is 20.3 Å². The number of primary sulfonamides is 1. The summed E-state index contributed by atoms with van der Waals surface area (Å²) in [5.74, 6) is 0.717. The Morgan fingerprint density at radius 1 is 1.02 bits per heavy atom. The predicted octanol–water partition coefficient (Wildman–Crippen LogP) is 4.86. The topological polar surface area (TPSA) is 146 Å². The van der Waals surface area contributed by atoms with Gasteiger partial charge >= 0.3 is 0 Å². The molecule has 1 fully saturated rings. The van der Waals surface area contributed by atoms with Gasteiger partial charge in [0.1, 0.15) is 18.7 Å². The molecule has 0 spiro atoms. The first-order valence-electron chi connectivity index (χ1n) is 13.1. The van der Waals surface area contributed by atoms with Crippen LogP contribution < -0.4 is 5.14 Å². The van der Waals surface area contributed by atoms with E-state index in [0.29, 0.717) is 30.2 Å². The summed E-state index contributed by atoms with van der Waals surface area (Å²) in [6.07, 6.45) is 1.51. The molecule has 1 aromatic heterocycles. The molecule has 0 unspecified atom stereocenters. The van der Waals surface area contributed by atoms with E-state index in [1.54, 1.807) is 19.2 Å². The van der Waals surface area contributed by atoms with E-state index in [2.05, 4.69) is 10.1 Å². The molecule has 2 heterocycles. The minimum atomic E-state index is -3.84. The quantitative estimate of drug-likeness (QED) is 0.124. The van der Waals surface area contributed by atoms with Crippen molar-refractivity contribution in [2.45, 2.75) is 36.4 Å². The third kappa shape index (κ3) is 6.49. The van der Waals surface area contributed by atoms with Crippen molar-refractivity contribution in [3.63, 3.8) is 0 Å². The lowest BCUT2D eigenvalue weighted by Crippen LogP contribution is -2.35. The van der Waals surface area contributed by atoms with Gasteiger partial charge in [0.15, 0.2) is 5.76 Å². The predicted molar refractivity (Wildman–Crippen MR) is 152 cm³/mol. The molecule has 3 N–H and O–H groups in total. The van der Waals surface area contributed by atoms with Crippen LogP contribution in [0.15, 0.2) is 93.3 Å². The molecule has 0 amide bonds. The summed E-state index contributed by atoms with van der Waals surface area (Å²) in [4.78, 5) is 4.64. The zero-order valence-corrected chi connectivity index (χ0v) is 23.3. The number of rotatable bonds is 9. The molecule has 214 valence electrons.